The molecule has 0 radical (unpaired) electrons. The van der Waals surface area contributed by atoms with E-state index in [2.05, 4.69) is 21.2 Å². The first kappa shape index (κ1) is 11.6. The zero-order valence-corrected chi connectivity index (χ0v) is 9.71. The van der Waals surface area contributed by atoms with Crippen molar-refractivity contribution in [3.05, 3.63) is 20.8 Å². The van der Waals surface area contributed by atoms with E-state index in [0.717, 1.165) is 9.35 Å². The summed E-state index contributed by atoms with van der Waals surface area (Å²) in [7, 11) is 0. The van der Waals surface area contributed by atoms with Gasteiger partial charge in [0.25, 0.3) is 5.91 Å². The van der Waals surface area contributed by atoms with Gasteiger partial charge in [-0.1, -0.05) is 0 Å². The molecule has 1 aromatic heterocycles. The fraction of sp³-hybridized carbons (Fsp3) is 0.375. The highest BCUT2D eigenvalue weighted by Crippen LogP contribution is 2.20. The standard InChI is InChI=1S/C8H8BrF2NOS/c1-8(10,11)7(13)12-3-6-2-5(9)4-14-6/h2,4H,3H2,1H3,(H,12,13). The minimum atomic E-state index is -3.31. The summed E-state index contributed by atoms with van der Waals surface area (Å²) in [6.45, 7) is 0.713. The van der Waals surface area contributed by atoms with Crippen molar-refractivity contribution in [2.75, 3.05) is 0 Å². The third-order valence-electron chi connectivity index (χ3n) is 1.44. The maximum absolute atomic E-state index is 12.4. The lowest BCUT2D eigenvalue weighted by Crippen LogP contribution is -2.37. The lowest BCUT2D eigenvalue weighted by Gasteiger charge is -2.09. The summed E-state index contributed by atoms with van der Waals surface area (Å²) in [6.07, 6.45) is 0. The van der Waals surface area contributed by atoms with Crippen LogP contribution in [0, 0.1) is 0 Å². The van der Waals surface area contributed by atoms with Crippen LogP contribution in [0.15, 0.2) is 15.9 Å². The molecule has 1 amide bonds. The number of thiophene rings is 1. The van der Waals surface area contributed by atoms with E-state index in [9.17, 15) is 13.6 Å². The SMILES string of the molecule is CC(F)(F)C(=O)NCc1cc(Br)cs1. The van der Waals surface area contributed by atoms with E-state index in [-0.39, 0.29) is 6.54 Å². The van der Waals surface area contributed by atoms with Gasteiger partial charge in [0.05, 0.1) is 6.54 Å². The Hall–Kier alpha value is -0.490. The Morgan fingerprint density at radius 1 is 1.71 bits per heavy atom. The van der Waals surface area contributed by atoms with Crippen LogP contribution in [0.3, 0.4) is 0 Å². The summed E-state index contributed by atoms with van der Waals surface area (Å²) in [4.78, 5) is 11.6. The van der Waals surface area contributed by atoms with E-state index in [4.69, 9.17) is 0 Å². The zero-order valence-electron chi connectivity index (χ0n) is 7.31. The lowest BCUT2D eigenvalue weighted by molar-refractivity contribution is -0.143. The van der Waals surface area contributed by atoms with Crippen molar-refractivity contribution >= 4 is 33.2 Å². The van der Waals surface area contributed by atoms with Gasteiger partial charge < -0.3 is 5.32 Å². The number of hydrogen-bond donors (Lipinski definition) is 1. The van der Waals surface area contributed by atoms with Gasteiger partial charge in [0.2, 0.25) is 0 Å². The minimum absolute atomic E-state index is 0.137. The molecule has 0 saturated carbocycles. The van der Waals surface area contributed by atoms with Gasteiger partial charge in [-0.05, 0) is 22.0 Å². The number of amides is 1. The Morgan fingerprint density at radius 2 is 2.36 bits per heavy atom. The predicted molar refractivity (Wildman–Crippen MR) is 54.5 cm³/mol. The van der Waals surface area contributed by atoms with Crippen LogP contribution in [-0.4, -0.2) is 11.8 Å². The van der Waals surface area contributed by atoms with E-state index >= 15 is 0 Å². The quantitative estimate of drug-likeness (QED) is 0.908. The Kier molecular flexibility index (Phi) is 3.60. The van der Waals surface area contributed by atoms with Crippen molar-refractivity contribution in [1.29, 1.82) is 0 Å². The third kappa shape index (κ3) is 3.34. The fourth-order valence-corrected chi connectivity index (χ4v) is 2.16. The van der Waals surface area contributed by atoms with Crippen molar-refractivity contribution < 1.29 is 13.6 Å². The summed E-state index contributed by atoms with van der Waals surface area (Å²) >= 11 is 4.62. The molecule has 0 bridgehead atoms. The maximum atomic E-state index is 12.4. The van der Waals surface area contributed by atoms with Crippen molar-refractivity contribution in [3.8, 4) is 0 Å². The van der Waals surface area contributed by atoms with Crippen LogP contribution in [-0.2, 0) is 11.3 Å². The Balaban J connectivity index is 2.46. The van der Waals surface area contributed by atoms with E-state index in [1.165, 1.54) is 11.3 Å². The van der Waals surface area contributed by atoms with Gasteiger partial charge in [-0.2, -0.15) is 8.78 Å². The highest BCUT2D eigenvalue weighted by atomic mass is 79.9. The Labute approximate surface area is 92.4 Å². The molecule has 6 heteroatoms. The molecule has 14 heavy (non-hydrogen) atoms. The third-order valence-corrected chi connectivity index (χ3v) is 3.14. The number of hydrogen-bond acceptors (Lipinski definition) is 2. The first-order chi connectivity index (χ1) is 6.39. The molecule has 0 unspecified atom stereocenters. The van der Waals surface area contributed by atoms with Gasteiger partial charge >= 0.3 is 5.92 Å². The molecule has 1 aromatic rings. The van der Waals surface area contributed by atoms with E-state index in [1.54, 1.807) is 6.07 Å². The maximum Gasteiger partial charge on any atom is 0.321 e. The van der Waals surface area contributed by atoms with Crippen LogP contribution in [0.2, 0.25) is 0 Å². The smallest absolute Gasteiger partial charge is 0.321 e. The van der Waals surface area contributed by atoms with Crippen LogP contribution in [0.25, 0.3) is 0 Å². The number of carbonyl (C=O) groups is 1. The second kappa shape index (κ2) is 4.35. The number of rotatable bonds is 3. The van der Waals surface area contributed by atoms with Crippen molar-refractivity contribution in [3.63, 3.8) is 0 Å². The molecule has 1 heterocycles. The normalized spacial score (nSPS) is 11.4. The highest BCUT2D eigenvalue weighted by molar-refractivity contribution is 9.10. The molecule has 2 nitrogen and oxygen atoms in total. The molecular formula is C8H8BrF2NOS. The molecule has 0 atom stereocenters. The topological polar surface area (TPSA) is 29.1 Å². The van der Waals surface area contributed by atoms with Gasteiger partial charge in [-0.15, -0.1) is 11.3 Å². The van der Waals surface area contributed by atoms with Gasteiger partial charge in [-0.25, -0.2) is 0 Å². The van der Waals surface area contributed by atoms with E-state index in [1.807, 2.05) is 5.38 Å². The minimum Gasteiger partial charge on any atom is -0.346 e. The Morgan fingerprint density at radius 3 is 2.79 bits per heavy atom. The van der Waals surface area contributed by atoms with Gasteiger partial charge in [0, 0.05) is 21.7 Å². The fourth-order valence-electron chi connectivity index (χ4n) is 0.769. The zero-order chi connectivity index (χ0) is 10.8. The largest absolute Gasteiger partial charge is 0.346 e. The Bertz CT molecular complexity index is 334. The summed E-state index contributed by atoms with van der Waals surface area (Å²) in [5.41, 5.74) is 0. The van der Waals surface area contributed by atoms with Crippen molar-refractivity contribution in [2.24, 2.45) is 0 Å². The molecule has 0 aliphatic heterocycles. The summed E-state index contributed by atoms with van der Waals surface area (Å²) in [6, 6.07) is 1.78. The van der Waals surface area contributed by atoms with Crippen LogP contribution in [0.1, 0.15) is 11.8 Å². The monoisotopic (exact) mass is 283 g/mol. The number of nitrogens with one attached hydrogen (secondary N) is 1. The first-order valence-corrected chi connectivity index (χ1v) is 5.46. The first-order valence-electron chi connectivity index (χ1n) is 3.78. The molecular weight excluding hydrogens is 276 g/mol. The summed E-state index contributed by atoms with van der Waals surface area (Å²) in [5, 5.41) is 3.98. The van der Waals surface area contributed by atoms with E-state index < -0.39 is 11.8 Å². The van der Waals surface area contributed by atoms with Crippen LogP contribution in [0.5, 0.6) is 0 Å². The number of halogens is 3. The van der Waals surface area contributed by atoms with Crippen LogP contribution >= 0.6 is 27.3 Å². The lowest BCUT2D eigenvalue weighted by atomic mass is 10.3. The van der Waals surface area contributed by atoms with Gasteiger partial charge in [-0.3, -0.25) is 4.79 Å². The molecule has 1 N–H and O–H groups in total. The van der Waals surface area contributed by atoms with Crippen molar-refractivity contribution in [2.45, 2.75) is 19.4 Å². The van der Waals surface area contributed by atoms with Crippen molar-refractivity contribution in [1.82, 2.24) is 5.32 Å². The second-order valence-corrected chi connectivity index (χ2v) is 4.71. The van der Waals surface area contributed by atoms with Crippen LogP contribution in [0.4, 0.5) is 8.78 Å². The van der Waals surface area contributed by atoms with Crippen LogP contribution < -0.4 is 5.32 Å². The molecule has 0 aliphatic carbocycles. The van der Waals surface area contributed by atoms with E-state index in [0.29, 0.717) is 6.92 Å². The summed E-state index contributed by atoms with van der Waals surface area (Å²) in [5.74, 6) is -4.56. The van der Waals surface area contributed by atoms with Gasteiger partial charge in [0.15, 0.2) is 0 Å². The average Bonchev–Trinajstić information content (AvgIpc) is 2.45. The number of carbonyl (C=O) groups excluding carboxylic acids is 1. The molecule has 0 saturated heterocycles. The number of alkyl halides is 2. The average molecular weight is 284 g/mol. The van der Waals surface area contributed by atoms with Gasteiger partial charge in [0.1, 0.15) is 0 Å². The predicted octanol–water partition coefficient (Wildman–Crippen LogP) is 2.78. The molecule has 0 aliphatic rings. The molecule has 1 rings (SSSR count). The molecule has 0 aromatic carbocycles. The summed E-state index contributed by atoms with van der Waals surface area (Å²) < 4.78 is 25.7. The highest BCUT2D eigenvalue weighted by Gasteiger charge is 2.31. The molecule has 0 fully saturated rings. The molecule has 0 spiro atoms. The second-order valence-electron chi connectivity index (χ2n) is 2.80. The molecule has 78 valence electrons.